The summed E-state index contributed by atoms with van der Waals surface area (Å²) in [5.41, 5.74) is 0.643. The van der Waals surface area contributed by atoms with Gasteiger partial charge in [0, 0.05) is 27.7 Å². The number of nitrogens with one attached hydrogen (secondary N) is 1. The summed E-state index contributed by atoms with van der Waals surface area (Å²) < 4.78 is 34.6. The Morgan fingerprint density at radius 3 is 2.26 bits per heavy atom. The number of carbonyl (C=O) groups is 2. The van der Waals surface area contributed by atoms with Crippen LogP contribution in [-0.2, 0) is 26.2 Å². The zero-order valence-electron chi connectivity index (χ0n) is 23.9. The van der Waals surface area contributed by atoms with Gasteiger partial charge in [0.15, 0.2) is 0 Å². The second-order valence-electron chi connectivity index (χ2n) is 10.3. The van der Waals surface area contributed by atoms with Gasteiger partial charge in [0.1, 0.15) is 18.3 Å². The van der Waals surface area contributed by atoms with Gasteiger partial charge >= 0.3 is 0 Å². The standard InChI is InChI=1S/C31H34Cl3N3O5S/c1-3-27(31(39)35-24-9-7-8-10-24)36(19-21-13-14-22(32)17-26(21)34)30(38)20-37(28-18-23(33)15-16-29(28)42-2)43(40,41)25-11-5-4-6-12-25/h4-6,11-18,24,27H,3,7-10,19-20H2,1-2H3,(H,35,39)/t27-/m1/s1. The maximum Gasteiger partial charge on any atom is 0.264 e. The van der Waals surface area contributed by atoms with E-state index < -0.39 is 28.5 Å². The molecule has 1 fully saturated rings. The first kappa shape index (κ1) is 32.9. The van der Waals surface area contributed by atoms with Crippen molar-refractivity contribution in [2.24, 2.45) is 0 Å². The SMILES string of the molecule is CC[C@H](C(=O)NC1CCCC1)N(Cc1ccc(Cl)cc1Cl)C(=O)CN(c1cc(Cl)ccc1OC)S(=O)(=O)c1ccccc1. The number of benzene rings is 3. The zero-order valence-corrected chi connectivity index (χ0v) is 27.0. The van der Waals surface area contributed by atoms with Crippen molar-refractivity contribution in [2.45, 2.75) is 62.6 Å². The minimum atomic E-state index is -4.29. The molecule has 8 nitrogen and oxygen atoms in total. The van der Waals surface area contributed by atoms with E-state index in [0.29, 0.717) is 22.0 Å². The van der Waals surface area contributed by atoms with Crippen LogP contribution in [0.3, 0.4) is 0 Å². The number of anilines is 1. The van der Waals surface area contributed by atoms with E-state index in [1.807, 2.05) is 0 Å². The third kappa shape index (κ3) is 7.95. The van der Waals surface area contributed by atoms with Crippen LogP contribution in [0.25, 0.3) is 0 Å². The summed E-state index contributed by atoms with van der Waals surface area (Å²) in [5.74, 6) is -0.707. The number of amides is 2. The number of ether oxygens (including phenoxy) is 1. The molecule has 0 heterocycles. The molecule has 1 aliphatic rings. The molecule has 1 saturated carbocycles. The van der Waals surface area contributed by atoms with Crippen LogP contribution in [0.5, 0.6) is 5.75 Å². The number of rotatable bonds is 12. The summed E-state index contributed by atoms with van der Waals surface area (Å²) in [5, 5.41) is 4.08. The van der Waals surface area contributed by atoms with E-state index in [1.54, 1.807) is 49.4 Å². The van der Waals surface area contributed by atoms with Crippen molar-refractivity contribution in [1.29, 1.82) is 0 Å². The van der Waals surface area contributed by atoms with Crippen LogP contribution >= 0.6 is 34.8 Å². The lowest BCUT2D eigenvalue weighted by Crippen LogP contribution is -2.53. The number of carbonyl (C=O) groups excluding carboxylic acids is 2. The van der Waals surface area contributed by atoms with Crippen molar-refractivity contribution < 1.29 is 22.7 Å². The molecule has 12 heteroatoms. The monoisotopic (exact) mass is 665 g/mol. The number of methoxy groups -OCH3 is 1. The van der Waals surface area contributed by atoms with Gasteiger partial charge < -0.3 is 15.0 Å². The van der Waals surface area contributed by atoms with E-state index in [0.717, 1.165) is 30.0 Å². The van der Waals surface area contributed by atoms with Gasteiger partial charge in [0.25, 0.3) is 10.0 Å². The smallest absolute Gasteiger partial charge is 0.264 e. The fourth-order valence-electron chi connectivity index (χ4n) is 5.21. The molecule has 1 N–H and O–H groups in total. The van der Waals surface area contributed by atoms with Gasteiger partial charge in [-0.3, -0.25) is 13.9 Å². The average Bonchev–Trinajstić information content (AvgIpc) is 3.50. The van der Waals surface area contributed by atoms with Gasteiger partial charge in [-0.1, -0.05) is 78.8 Å². The summed E-state index contributed by atoms with van der Waals surface area (Å²) >= 11 is 18.9. The maximum absolute atomic E-state index is 14.3. The third-order valence-electron chi connectivity index (χ3n) is 7.46. The lowest BCUT2D eigenvalue weighted by atomic mass is 10.1. The molecule has 3 aromatic carbocycles. The fraction of sp³-hybridized carbons (Fsp3) is 0.355. The Morgan fingerprint density at radius 1 is 0.977 bits per heavy atom. The highest BCUT2D eigenvalue weighted by Gasteiger charge is 2.35. The van der Waals surface area contributed by atoms with Crippen LogP contribution in [0.2, 0.25) is 15.1 Å². The molecule has 0 aliphatic heterocycles. The topological polar surface area (TPSA) is 96.0 Å². The molecular weight excluding hydrogens is 633 g/mol. The lowest BCUT2D eigenvalue weighted by molar-refractivity contribution is -0.140. The van der Waals surface area contributed by atoms with E-state index in [2.05, 4.69) is 5.32 Å². The molecule has 230 valence electrons. The Morgan fingerprint density at radius 2 is 1.63 bits per heavy atom. The molecule has 0 aromatic heterocycles. The Balaban J connectivity index is 1.78. The van der Waals surface area contributed by atoms with Gasteiger partial charge in [-0.2, -0.15) is 0 Å². The number of halogens is 3. The molecule has 0 bridgehead atoms. The number of nitrogens with zero attached hydrogens (tertiary/aromatic N) is 2. The highest BCUT2D eigenvalue weighted by atomic mass is 35.5. The molecule has 0 unspecified atom stereocenters. The number of hydrogen-bond acceptors (Lipinski definition) is 5. The first-order valence-corrected chi connectivity index (χ1v) is 16.6. The van der Waals surface area contributed by atoms with Crippen molar-refractivity contribution in [3.05, 3.63) is 87.4 Å². The second-order valence-corrected chi connectivity index (χ2v) is 13.5. The minimum Gasteiger partial charge on any atom is -0.495 e. The van der Waals surface area contributed by atoms with E-state index in [4.69, 9.17) is 39.5 Å². The minimum absolute atomic E-state index is 0.0249. The van der Waals surface area contributed by atoms with Crippen molar-refractivity contribution in [3.8, 4) is 5.75 Å². The second kappa shape index (κ2) is 14.7. The molecule has 4 rings (SSSR count). The van der Waals surface area contributed by atoms with E-state index in [1.165, 1.54) is 36.3 Å². The Kier molecular flexibility index (Phi) is 11.2. The van der Waals surface area contributed by atoms with Crippen molar-refractivity contribution in [2.75, 3.05) is 18.0 Å². The highest BCUT2D eigenvalue weighted by molar-refractivity contribution is 7.92. The van der Waals surface area contributed by atoms with E-state index in [-0.39, 0.29) is 39.8 Å². The van der Waals surface area contributed by atoms with Gasteiger partial charge in [-0.15, -0.1) is 0 Å². The summed E-state index contributed by atoms with van der Waals surface area (Å²) in [7, 11) is -2.89. The average molecular weight is 667 g/mol. The van der Waals surface area contributed by atoms with Crippen LogP contribution in [0, 0.1) is 0 Å². The van der Waals surface area contributed by atoms with Gasteiger partial charge in [-0.25, -0.2) is 8.42 Å². The molecule has 3 aromatic rings. The van der Waals surface area contributed by atoms with E-state index in [9.17, 15) is 18.0 Å². The van der Waals surface area contributed by atoms with Gasteiger partial charge in [-0.05, 0) is 67.3 Å². The molecule has 1 atom stereocenters. The van der Waals surface area contributed by atoms with Crippen molar-refractivity contribution in [3.63, 3.8) is 0 Å². The zero-order chi connectivity index (χ0) is 31.1. The van der Waals surface area contributed by atoms with Crippen LogP contribution in [0.4, 0.5) is 5.69 Å². The van der Waals surface area contributed by atoms with Crippen molar-refractivity contribution in [1.82, 2.24) is 10.2 Å². The molecule has 1 aliphatic carbocycles. The molecule has 0 spiro atoms. The number of hydrogen-bond donors (Lipinski definition) is 1. The molecule has 43 heavy (non-hydrogen) atoms. The summed E-state index contributed by atoms with van der Waals surface area (Å²) in [6, 6.07) is 16.3. The first-order valence-electron chi connectivity index (χ1n) is 14.0. The third-order valence-corrected chi connectivity index (χ3v) is 10.1. The fourth-order valence-corrected chi connectivity index (χ4v) is 7.28. The van der Waals surface area contributed by atoms with Crippen LogP contribution < -0.4 is 14.4 Å². The normalized spacial score (nSPS) is 14.3. The molecule has 2 amide bonds. The van der Waals surface area contributed by atoms with Gasteiger partial charge in [0.05, 0.1) is 17.7 Å². The Hall–Kier alpha value is -2.98. The van der Waals surface area contributed by atoms with Crippen molar-refractivity contribution >= 4 is 62.3 Å². The predicted molar refractivity (Wildman–Crippen MR) is 170 cm³/mol. The van der Waals surface area contributed by atoms with Crippen LogP contribution in [0.1, 0.15) is 44.6 Å². The Labute approximate surface area is 267 Å². The quantitative estimate of drug-likeness (QED) is 0.232. The maximum atomic E-state index is 14.3. The van der Waals surface area contributed by atoms with Crippen LogP contribution in [-0.4, -0.2) is 50.9 Å². The summed E-state index contributed by atoms with van der Waals surface area (Å²) in [6.07, 6.45) is 4.09. The summed E-state index contributed by atoms with van der Waals surface area (Å²) in [6.45, 7) is 1.13. The molecular formula is C31H34Cl3N3O5S. The summed E-state index contributed by atoms with van der Waals surface area (Å²) in [4.78, 5) is 29.3. The largest absolute Gasteiger partial charge is 0.495 e. The number of sulfonamides is 1. The predicted octanol–water partition coefficient (Wildman–Crippen LogP) is 6.72. The van der Waals surface area contributed by atoms with E-state index >= 15 is 0 Å². The molecule has 0 radical (unpaired) electrons. The van der Waals surface area contributed by atoms with Crippen LogP contribution in [0.15, 0.2) is 71.6 Å². The first-order chi connectivity index (χ1) is 20.5. The lowest BCUT2D eigenvalue weighted by Gasteiger charge is -2.34. The molecule has 0 saturated heterocycles. The van der Waals surface area contributed by atoms with Gasteiger partial charge in [0.2, 0.25) is 11.8 Å². The highest BCUT2D eigenvalue weighted by Crippen LogP contribution is 2.35. The Bertz CT molecular complexity index is 1550.